The highest BCUT2D eigenvalue weighted by Gasteiger charge is 2.13. The molecule has 0 bridgehead atoms. The Hall–Kier alpha value is -2.16. The van der Waals surface area contributed by atoms with Crippen LogP contribution in [0.15, 0.2) is 48.7 Å². The molecular weight excluding hydrogens is 238 g/mol. The van der Waals surface area contributed by atoms with Crippen LogP contribution >= 0.6 is 0 Å². The first-order chi connectivity index (χ1) is 9.20. The molecule has 0 radical (unpaired) electrons. The van der Waals surface area contributed by atoms with Crippen LogP contribution in [0.2, 0.25) is 0 Å². The molecule has 2 aromatic rings. The van der Waals surface area contributed by atoms with Crippen molar-refractivity contribution in [1.82, 2.24) is 4.98 Å². The summed E-state index contributed by atoms with van der Waals surface area (Å²) < 4.78 is 0. The zero-order valence-corrected chi connectivity index (χ0v) is 10.9. The van der Waals surface area contributed by atoms with Crippen LogP contribution < -0.4 is 0 Å². The summed E-state index contributed by atoms with van der Waals surface area (Å²) in [4.78, 5) is 15.1. The van der Waals surface area contributed by atoms with Gasteiger partial charge in [0.15, 0.2) is 0 Å². The summed E-state index contributed by atoms with van der Waals surface area (Å²) in [6.45, 7) is 2.01. The van der Waals surface area contributed by atoms with Gasteiger partial charge in [-0.1, -0.05) is 37.3 Å². The largest absolute Gasteiger partial charge is 0.481 e. The van der Waals surface area contributed by atoms with Crippen molar-refractivity contribution in [2.24, 2.45) is 0 Å². The minimum atomic E-state index is -0.749. The van der Waals surface area contributed by atoms with Gasteiger partial charge in [-0.3, -0.25) is 9.78 Å². The molecule has 19 heavy (non-hydrogen) atoms. The molecular formula is C16H17NO2. The van der Waals surface area contributed by atoms with Gasteiger partial charge in [-0.15, -0.1) is 0 Å². The molecule has 0 amide bonds. The topological polar surface area (TPSA) is 50.2 Å². The molecule has 2 rings (SSSR count). The first kappa shape index (κ1) is 13.3. The third-order valence-electron chi connectivity index (χ3n) is 3.26. The van der Waals surface area contributed by atoms with Gasteiger partial charge < -0.3 is 5.11 Å². The van der Waals surface area contributed by atoms with Crippen LogP contribution in [-0.2, 0) is 4.79 Å². The number of rotatable bonds is 5. The second kappa shape index (κ2) is 6.14. The molecule has 0 aliphatic carbocycles. The van der Waals surface area contributed by atoms with E-state index in [1.54, 1.807) is 6.20 Å². The Kier molecular flexibility index (Phi) is 4.29. The summed E-state index contributed by atoms with van der Waals surface area (Å²) in [6, 6.07) is 13.8. The van der Waals surface area contributed by atoms with Crippen molar-refractivity contribution in [1.29, 1.82) is 0 Å². The third-order valence-corrected chi connectivity index (χ3v) is 3.26. The molecule has 0 saturated heterocycles. The number of aliphatic carboxylic acids is 1. The molecule has 1 N–H and O–H groups in total. The fourth-order valence-corrected chi connectivity index (χ4v) is 2.17. The van der Waals surface area contributed by atoms with Crippen molar-refractivity contribution in [2.75, 3.05) is 0 Å². The maximum Gasteiger partial charge on any atom is 0.303 e. The van der Waals surface area contributed by atoms with Gasteiger partial charge in [0.1, 0.15) is 0 Å². The molecule has 98 valence electrons. The van der Waals surface area contributed by atoms with E-state index in [9.17, 15) is 4.79 Å². The molecule has 3 heteroatoms. The number of benzene rings is 1. The number of nitrogens with zero attached hydrogens (tertiary/aromatic N) is 1. The number of hydrogen-bond donors (Lipinski definition) is 1. The van der Waals surface area contributed by atoms with E-state index in [1.807, 2.05) is 49.4 Å². The lowest BCUT2D eigenvalue weighted by Gasteiger charge is -2.13. The Bertz CT molecular complexity index is 534. The highest BCUT2D eigenvalue weighted by molar-refractivity contribution is 5.68. The summed E-state index contributed by atoms with van der Waals surface area (Å²) in [5.74, 6) is -0.670. The van der Waals surface area contributed by atoms with Crippen molar-refractivity contribution in [2.45, 2.75) is 25.7 Å². The van der Waals surface area contributed by atoms with E-state index in [1.165, 1.54) is 0 Å². The molecule has 0 fully saturated rings. The van der Waals surface area contributed by atoms with Gasteiger partial charge in [-0.25, -0.2) is 0 Å². The Balaban J connectivity index is 2.20. The average Bonchev–Trinajstić information content (AvgIpc) is 2.46. The molecule has 0 saturated carbocycles. The van der Waals surface area contributed by atoms with Crippen LogP contribution in [0.5, 0.6) is 0 Å². The Morgan fingerprint density at radius 3 is 2.47 bits per heavy atom. The number of carbonyl (C=O) groups is 1. The van der Waals surface area contributed by atoms with Gasteiger partial charge >= 0.3 is 5.97 Å². The first-order valence-corrected chi connectivity index (χ1v) is 6.44. The summed E-state index contributed by atoms with van der Waals surface area (Å²) >= 11 is 0. The normalized spacial score (nSPS) is 12.1. The zero-order chi connectivity index (χ0) is 13.7. The average molecular weight is 255 g/mol. The number of pyridine rings is 1. The van der Waals surface area contributed by atoms with E-state index in [0.29, 0.717) is 0 Å². The lowest BCUT2D eigenvalue weighted by atomic mass is 9.92. The Labute approximate surface area is 112 Å². The molecule has 0 aliphatic heterocycles. The smallest absolute Gasteiger partial charge is 0.303 e. The molecule has 1 heterocycles. The van der Waals surface area contributed by atoms with E-state index in [2.05, 4.69) is 4.98 Å². The van der Waals surface area contributed by atoms with Crippen LogP contribution in [0.1, 0.15) is 31.2 Å². The van der Waals surface area contributed by atoms with Gasteiger partial charge in [-0.2, -0.15) is 0 Å². The van der Waals surface area contributed by atoms with Gasteiger partial charge in [0.05, 0.1) is 12.1 Å². The van der Waals surface area contributed by atoms with Crippen LogP contribution in [-0.4, -0.2) is 16.1 Å². The maximum atomic E-state index is 10.8. The molecule has 1 unspecified atom stereocenters. The summed E-state index contributed by atoms with van der Waals surface area (Å²) in [6.07, 6.45) is 2.77. The Morgan fingerprint density at radius 2 is 1.95 bits per heavy atom. The molecule has 0 spiro atoms. The molecule has 0 aliphatic rings. The van der Waals surface area contributed by atoms with E-state index >= 15 is 0 Å². The lowest BCUT2D eigenvalue weighted by molar-refractivity contribution is -0.137. The summed E-state index contributed by atoms with van der Waals surface area (Å²) in [5, 5.41) is 8.90. The summed E-state index contributed by atoms with van der Waals surface area (Å²) in [5.41, 5.74) is 3.06. The van der Waals surface area contributed by atoms with Crippen molar-refractivity contribution in [3.63, 3.8) is 0 Å². The minimum absolute atomic E-state index is 0.0790. The fraction of sp³-hybridized carbons (Fsp3) is 0.250. The van der Waals surface area contributed by atoms with E-state index in [-0.39, 0.29) is 12.3 Å². The maximum absolute atomic E-state index is 10.8. The molecule has 1 atom stereocenters. The third kappa shape index (κ3) is 3.41. The SMILES string of the molecule is CCC(CC(=O)O)c1ccc(-c2ccccn2)cc1. The fourth-order valence-electron chi connectivity index (χ4n) is 2.17. The Morgan fingerprint density at radius 1 is 1.21 bits per heavy atom. The first-order valence-electron chi connectivity index (χ1n) is 6.44. The van der Waals surface area contributed by atoms with Crippen molar-refractivity contribution < 1.29 is 9.90 Å². The van der Waals surface area contributed by atoms with Gasteiger partial charge in [0.25, 0.3) is 0 Å². The van der Waals surface area contributed by atoms with Crippen LogP contribution in [0.4, 0.5) is 0 Å². The standard InChI is InChI=1S/C16H17NO2/c1-2-12(11-16(18)19)13-6-8-14(9-7-13)15-5-3-4-10-17-15/h3-10,12H,2,11H2,1H3,(H,18,19). The minimum Gasteiger partial charge on any atom is -0.481 e. The zero-order valence-electron chi connectivity index (χ0n) is 10.9. The number of hydrogen-bond acceptors (Lipinski definition) is 2. The van der Waals surface area contributed by atoms with E-state index in [4.69, 9.17) is 5.11 Å². The number of carboxylic acid groups (broad SMARTS) is 1. The van der Waals surface area contributed by atoms with Crippen LogP contribution in [0.3, 0.4) is 0 Å². The van der Waals surface area contributed by atoms with Crippen molar-refractivity contribution in [3.8, 4) is 11.3 Å². The quantitative estimate of drug-likeness (QED) is 0.885. The van der Waals surface area contributed by atoms with Crippen molar-refractivity contribution in [3.05, 3.63) is 54.2 Å². The number of aromatic nitrogens is 1. The molecule has 1 aromatic heterocycles. The van der Waals surface area contributed by atoms with Crippen LogP contribution in [0, 0.1) is 0 Å². The van der Waals surface area contributed by atoms with Gasteiger partial charge in [-0.05, 0) is 30.0 Å². The highest BCUT2D eigenvalue weighted by Crippen LogP contribution is 2.25. The van der Waals surface area contributed by atoms with Gasteiger partial charge in [0, 0.05) is 11.8 Å². The van der Waals surface area contributed by atoms with Crippen molar-refractivity contribution >= 4 is 5.97 Å². The molecule has 3 nitrogen and oxygen atoms in total. The number of carboxylic acids is 1. The predicted molar refractivity (Wildman–Crippen MR) is 75.0 cm³/mol. The molecule has 1 aromatic carbocycles. The van der Waals surface area contributed by atoms with E-state index < -0.39 is 5.97 Å². The lowest BCUT2D eigenvalue weighted by Crippen LogP contribution is -2.05. The second-order valence-corrected chi connectivity index (χ2v) is 4.54. The van der Waals surface area contributed by atoms with E-state index in [0.717, 1.165) is 23.2 Å². The van der Waals surface area contributed by atoms with Gasteiger partial charge in [0.2, 0.25) is 0 Å². The second-order valence-electron chi connectivity index (χ2n) is 4.54. The highest BCUT2D eigenvalue weighted by atomic mass is 16.4. The van der Waals surface area contributed by atoms with Crippen LogP contribution in [0.25, 0.3) is 11.3 Å². The predicted octanol–water partition coefficient (Wildman–Crippen LogP) is 3.72. The monoisotopic (exact) mass is 255 g/mol. The summed E-state index contributed by atoms with van der Waals surface area (Å²) in [7, 11) is 0.